The maximum Gasteiger partial charge on any atom is 0.271 e. The Morgan fingerprint density at radius 3 is 2.70 bits per heavy atom. The molecular formula is C16H16FN3O2S. The molecule has 0 radical (unpaired) electrons. The number of anilines is 1. The minimum atomic E-state index is -0.376. The SMILES string of the molecule is O=C(NN=Cc1ccc(N2CCOCC2)s1)c1ccc(F)cc1. The normalized spacial score (nSPS) is 15.1. The molecule has 1 saturated heterocycles. The van der Waals surface area contributed by atoms with Gasteiger partial charge in [-0.25, -0.2) is 9.82 Å². The molecule has 120 valence electrons. The summed E-state index contributed by atoms with van der Waals surface area (Å²) in [4.78, 5) is 15.0. The third-order valence-electron chi connectivity index (χ3n) is 3.40. The van der Waals surface area contributed by atoms with Gasteiger partial charge in [0.15, 0.2) is 0 Å². The van der Waals surface area contributed by atoms with Crippen LogP contribution in [0.5, 0.6) is 0 Å². The van der Waals surface area contributed by atoms with E-state index < -0.39 is 0 Å². The van der Waals surface area contributed by atoms with Gasteiger partial charge in [-0.05, 0) is 36.4 Å². The highest BCUT2D eigenvalue weighted by Crippen LogP contribution is 2.25. The van der Waals surface area contributed by atoms with Crippen LogP contribution in [0, 0.1) is 5.82 Å². The average molecular weight is 333 g/mol. The Hall–Kier alpha value is -2.25. The van der Waals surface area contributed by atoms with E-state index in [-0.39, 0.29) is 11.7 Å². The van der Waals surface area contributed by atoms with Crippen LogP contribution >= 0.6 is 11.3 Å². The summed E-state index contributed by atoms with van der Waals surface area (Å²) >= 11 is 1.61. The van der Waals surface area contributed by atoms with Crippen molar-refractivity contribution in [2.45, 2.75) is 0 Å². The topological polar surface area (TPSA) is 53.9 Å². The first-order valence-electron chi connectivity index (χ1n) is 7.24. The van der Waals surface area contributed by atoms with Crippen molar-refractivity contribution in [3.8, 4) is 0 Å². The highest BCUT2D eigenvalue weighted by atomic mass is 32.1. The van der Waals surface area contributed by atoms with Crippen LogP contribution in [-0.4, -0.2) is 38.4 Å². The third-order valence-corrected chi connectivity index (χ3v) is 4.48. The molecule has 3 rings (SSSR count). The number of nitrogens with zero attached hydrogens (tertiary/aromatic N) is 2. The second-order valence-corrected chi connectivity index (χ2v) is 6.08. The Morgan fingerprint density at radius 2 is 1.96 bits per heavy atom. The fourth-order valence-corrected chi connectivity index (χ4v) is 3.12. The molecular weight excluding hydrogens is 317 g/mol. The Balaban J connectivity index is 1.56. The molecule has 23 heavy (non-hydrogen) atoms. The van der Waals surface area contributed by atoms with Gasteiger partial charge in [0.05, 0.1) is 24.4 Å². The van der Waals surface area contributed by atoms with Crippen LogP contribution < -0.4 is 10.3 Å². The summed E-state index contributed by atoms with van der Waals surface area (Å²) < 4.78 is 18.1. The van der Waals surface area contributed by atoms with Gasteiger partial charge in [-0.15, -0.1) is 11.3 Å². The molecule has 0 saturated carbocycles. The van der Waals surface area contributed by atoms with Crippen LogP contribution in [0.25, 0.3) is 0 Å². The number of hydrazone groups is 1. The van der Waals surface area contributed by atoms with Crippen molar-refractivity contribution in [3.05, 3.63) is 52.7 Å². The van der Waals surface area contributed by atoms with E-state index in [1.165, 1.54) is 29.3 Å². The summed E-state index contributed by atoms with van der Waals surface area (Å²) in [5, 5.41) is 5.11. The molecule has 1 aliphatic rings. The lowest BCUT2D eigenvalue weighted by Crippen LogP contribution is -2.35. The first-order valence-corrected chi connectivity index (χ1v) is 8.05. The number of hydrogen-bond acceptors (Lipinski definition) is 5. The van der Waals surface area contributed by atoms with Crippen molar-refractivity contribution >= 4 is 28.5 Å². The number of rotatable bonds is 4. The molecule has 1 aromatic carbocycles. The van der Waals surface area contributed by atoms with Crippen molar-refractivity contribution in [3.63, 3.8) is 0 Å². The van der Waals surface area contributed by atoms with Crippen molar-refractivity contribution < 1.29 is 13.9 Å². The van der Waals surface area contributed by atoms with Crippen LogP contribution in [0.15, 0.2) is 41.5 Å². The number of nitrogens with one attached hydrogen (secondary N) is 1. The van der Waals surface area contributed by atoms with E-state index in [0.29, 0.717) is 5.56 Å². The predicted molar refractivity (Wildman–Crippen MR) is 88.8 cm³/mol. The van der Waals surface area contributed by atoms with Crippen LogP contribution in [0.3, 0.4) is 0 Å². The molecule has 0 bridgehead atoms. The molecule has 0 aliphatic carbocycles. The molecule has 2 aromatic rings. The number of amides is 1. The van der Waals surface area contributed by atoms with Gasteiger partial charge in [-0.1, -0.05) is 0 Å². The van der Waals surface area contributed by atoms with E-state index in [0.717, 1.165) is 31.2 Å². The molecule has 5 nitrogen and oxygen atoms in total. The lowest BCUT2D eigenvalue weighted by molar-refractivity contribution is 0.0955. The van der Waals surface area contributed by atoms with E-state index >= 15 is 0 Å². The summed E-state index contributed by atoms with van der Waals surface area (Å²) in [7, 11) is 0. The van der Waals surface area contributed by atoms with Crippen LogP contribution in [0.1, 0.15) is 15.2 Å². The summed E-state index contributed by atoms with van der Waals surface area (Å²) in [5.74, 6) is -0.745. The highest BCUT2D eigenvalue weighted by Gasteiger charge is 2.12. The van der Waals surface area contributed by atoms with Gasteiger partial charge >= 0.3 is 0 Å². The maximum absolute atomic E-state index is 12.8. The molecule has 1 aliphatic heterocycles. The largest absolute Gasteiger partial charge is 0.378 e. The number of benzene rings is 1. The molecule has 7 heteroatoms. The van der Waals surface area contributed by atoms with Crippen molar-refractivity contribution in [1.82, 2.24) is 5.43 Å². The van der Waals surface area contributed by atoms with Gasteiger partial charge in [0.1, 0.15) is 5.82 Å². The number of ether oxygens (including phenoxy) is 1. The van der Waals surface area contributed by atoms with Crippen molar-refractivity contribution in [2.24, 2.45) is 5.10 Å². The summed E-state index contributed by atoms with van der Waals surface area (Å²) in [5.41, 5.74) is 2.80. The number of carbonyl (C=O) groups excluding carboxylic acids is 1. The van der Waals surface area contributed by atoms with Crippen molar-refractivity contribution in [1.29, 1.82) is 0 Å². The number of thiophene rings is 1. The second-order valence-electron chi connectivity index (χ2n) is 4.98. The first-order chi connectivity index (χ1) is 11.2. The fourth-order valence-electron chi connectivity index (χ4n) is 2.19. The highest BCUT2D eigenvalue weighted by molar-refractivity contribution is 7.17. The zero-order valence-corrected chi connectivity index (χ0v) is 13.2. The minimum Gasteiger partial charge on any atom is -0.378 e. The van der Waals surface area contributed by atoms with Crippen LogP contribution in [-0.2, 0) is 4.74 Å². The maximum atomic E-state index is 12.8. The smallest absolute Gasteiger partial charge is 0.271 e. The van der Waals surface area contributed by atoms with Gasteiger partial charge in [0.25, 0.3) is 5.91 Å². The van der Waals surface area contributed by atoms with Crippen LogP contribution in [0.2, 0.25) is 0 Å². The Bertz CT molecular complexity index is 694. The number of carbonyl (C=O) groups is 1. The fraction of sp³-hybridized carbons (Fsp3) is 0.250. The quantitative estimate of drug-likeness (QED) is 0.691. The summed E-state index contributed by atoms with van der Waals surface area (Å²) in [6.45, 7) is 3.26. The molecule has 1 amide bonds. The second kappa shape index (κ2) is 7.34. The Morgan fingerprint density at radius 1 is 1.22 bits per heavy atom. The Labute approximate surface area is 137 Å². The molecule has 1 aromatic heterocycles. The van der Waals surface area contributed by atoms with E-state index in [9.17, 15) is 9.18 Å². The Kier molecular flexibility index (Phi) is 4.99. The zero-order chi connectivity index (χ0) is 16.1. The first kappa shape index (κ1) is 15.6. The van der Waals surface area contributed by atoms with E-state index in [1.54, 1.807) is 17.6 Å². The van der Waals surface area contributed by atoms with E-state index in [1.807, 2.05) is 12.1 Å². The predicted octanol–water partition coefficient (Wildman–Crippen LogP) is 2.49. The third kappa shape index (κ3) is 4.14. The average Bonchev–Trinajstić information content (AvgIpc) is 3.05. The van der Waals surface area contributed by atoms with Gasteiger partial charge in [-0.3, -0.25) is 4.79 Å². The van der Waals surface area contributed by atoms with E-state index in [4.69, 9.17) is 4.74 Å². The van der Waals surface area contributed by atoms with Gasteiger partial charge in [0, 0.05) is 23.5 Å². The minimum absolute atomic E-state index is 0.365. The molecule has 2 heterocycles. The standard InChI is InChI=1S/C16H16FN3O2S/c17-13-3-1-12(2-4-13)16(21)19-18-11-14-5-6-15(23-14)20-7-9-22-10-8-20/h1-6,11H,7-10H2,(H,19,21). The molecule has 1 N–H and O–H groups in total. The molecule has 1 fully saturated rings. The number of morpholine rings is 1. The van der Waals surface area contributed by atoms with Crippen LogP contribution in [0.4, 0.5) is 9.39 Å². The van der Waals surface area contributed by atoms with Gasteiger partial charge < -0.3 is 9.64 Å². The number of hydrogen-bond donors (Lipinski definition) is 1. The van der Waals surface area contributed by atoms with E-state index in [2.05, 4.69) is 15.4 Å². The monoisotopic (exact) mass is 333 g/mol. The van der Waals surface area contributed by atoms with Gasteiger partial charge in [0.2, 0.25) is 0 Å². The summed E-state index contributed by atoms with van der Waals surface area (Å²) in [6.07, 6.45) is 1.61. The summed E-state index contributed by atoms with van der Waals surface area (Å²) in [6, 6.07) is 9.32. The number of halogens is 1. The molecule has 0 unspecified atom stereocenters. The lowest BCUT2D eigenvalue weighted by Gasteiger charge is -2.27. The molecule has 0 atom stereocenters. The zero-order valence-electron chi connectivity index (χ0n) is 12.4. The van der Waals surface area contributed by atoms with Crippen molar-refractivity contribution in [2.75, 3.05) is 31.2 Å². The lowest BCUT2D eigenvalue weighted by atomic mass is 10.2. The molecule has 0 spiro atoms. The van der Waals surface area contributed by atoms with Gasteiger partial charge in [-0.2, -0.15) is 5.10 Å².